The van der Waals surface area contributed by atoms with E-state index in [0.717, 1.165) is 17.2 Å². The number of nitrogens with one attached hydrogen (secondary N) is 1. The van der Waals surface area contributed by atoms with Gasteiger partial charge in [-0.2, -0.15) is 0 Å². The molecule has 4 heteroatoms. The van der Waals surface area contributed by atoms with E-state index in [4.69, 9.17) is 5.73 Å². The summed E-state index contributed by atoms with van der Waals surface area (Å²) in [4.78, 5) is 4.51. The smallest absolute Gasteiger partial charge is 0.110 e. The zero-order valence-corrected chi connectivity index (χ0v) is 12.3. The van der Waals surface area contributed by atoms with E-state index in [2.05, 4.69) is 46.9 Å². The van der Waals surface area contributed by atoms with Crippen LogP contribution in [0.1, 0.15) is 35.1 Å². The molecule has 1 aromatic carbocycles. The van der Waals surface area contributed by atoms with E-state index >= 15 is 0 Å². The third kappa shape index (κ3) is 3.86. The van der Waals surface area contributed by atoms with Crippen LogP contribution in [0.25, 0.3) is 0 Å². The third-order valence-electron chi connectivity index (χ3n) is 3.23. The molecule has 19 heavy (non-hydrogen) atoms. The molecule has 2 aromatic rings. The van der Waals surface area contributed by atoms with Crippen LogP contribution in [0.5, 0.6) is 0 Å². The van der Waals surface area contributed by atoms with E-state index in [1.165, 1.54) is 5.56 Å². The van der Waals surface area contributed by atoms with Gasteiger partial charge in [-0.1, -0.05) is 30.3 Å². The van der Waals surface area contributed by atoms with Crippen molar-refractivity contribution in [3.05, 3.63) is 52.0 Å². The van der Waals surface area contributed by atoms with Crippen LogP contribution in [0.4, 0.5) is 0 Å². The van der Waals surface area contributed by atoms with Gasteiger partial charge in [0.1, 0.15) is 5.01 Å². The Bertz CT molecular complexity index is 495. The molecule has 0 radical (unpaired) electrons. The first-order valence-electron chi connectivity index (χ1n) is 6.61. The lowest BCUT2D eigenvalue weighted by Gasteiger charge is -2.18. The summed E-state index contributed by atoms with van der Waals surface area (Å²) in [5.41, 5.74) is 8.26. The fourth-order valence-corrected chi connectivity index (χ4v) is 2.87. The summed E-state index contributed by atoms with van der Waals surface area (Å²) >= 11 is 1.71. The van der Waals surface area contributed by atoms with Crippen LogP contribution < -0.4 is 11.1 Å². The van der Waals surface area contributed by atoms with Crippen LogP contribution in [-0.4, -0.2) is 18.1 Å². The normalized spacial score (nSPS) is 14.3. The second kappa shape index (κ2) is 6.80. The lowest BCUT2D eigenvalue weighted by atomic mass is 9.99. The predicted molar refractivity (Wildman–Crippen MR) is 81.5 cm³/mol. The summed E-state index contributed by atoms with van der Waals surface area (Å²) in [6.45, 7) is 5.71. The molecule has 0 aliphatic rings. The fourth-order valence-electron chi connectivity index (χ4n) is 2.04. The molecule has 102 valence electrons. The second-order valence-electron chi connectivity index (χ2n) is 4.80. The van der Waals surface area contributed by atoms with Gasteiger partial charge in [-0.15, -0.1) is 11.3 Å². The molecule has 0 saturated heterocycles. The molecule has 0 bridgehead atoms. The molecular weight excluding hydrogens is 254 g/mol. The summed E-state index contributed by atoms with van der Waals surface area (Å²) in [5, 5.41) is 6.76. The van der Waals surface area contributed by atoms with Gasteiger partial charge in [0.15, 0.2) is 0 Å². The molecule has 0 spiro atoms. The van der Waals surface area contributed by atoms with E-state index < -0.39 is 0 Å². The maximum atomic E-state index is 5.88. The van der Waals surface area contributed by atoms with Gasteiger partial charge in [-0.05, 0) is 19.4 Å². The number of aromatic nitrogens is 1. The van der Waals surface area contributed by atoms with Crippen molar-refractivity contribution in [2.24, 2.45) is 5.73 Å². The van der Waals surface area contributed by atoms with Crippen molar-refractivity contribution in [3.63, 3.8) is 0 Å². The Kier molecular flexibility index (Phi) is 5.07. The number of nitrogens with zero attached hydrogens (tertiary/aromatic N) is 1. The van der Waals surface area contributed by atoms with Crippen molar-refractivity contribution in [1.29, 1.82) is 0 Å². The first kappa shape index (κ1) is 14.2. The average Bonchev–Trinajstić information content (AvgIpc) is 2.87. The van der Waals surface area contributed by atoms with Gasteiger partial charge in [-0.3, -0.25) is 0 Å². The quantitative estimate of drug-likeness (QED) is 0.852. The van der Waals surface area contributed by atoms with Crippen LogP contribution >= 0.6 is 11.3 Å². The monoisotopic (exact) mass is 275 g/mol. The highest BCUT2D eigenvalue weighted by atomic mass is 32.1. The highest BCUT2D eigenvalue weighted by molar-refractivity contribution is 7.09. The van der Waals surface area contributed by atoms with Gasteiger partial charge in [0.25, 0.3) is 0 Å². The highest BCUT2D eigenvalue weighted by Crippen LogP contribution is 2.19. The van der Waals surface area contributed by atoms with Crippen LogP contribution in [0.3, 0.4) is 0 Å². The molecule has 0 saturated carbocycles. The van der Waals surface area contributed by atoms with Crippen molar-refractivity contribution >= 4 is 11.3 Å². The van der Waals surface area contributed by atoms with Gasteiger partial charge in [0.2, 0.25) is 0 Å². The maximum Gasteiger partial charge on any atom is 0.110 e. The average molecular weight is 275 g/mol. The zero-order chi connectivity index (χ0) is 13.7. The molecule has 1 heterocycles. The van der Waals surface area contributed by atoms with E-state index in [-0.39, 0.29) is 6.04 Å². The molecule has 2 unspecified atom stereocenters. The molecule has 0 aliphatic carbocycles. The number of rotatable bonds is 6. The summed E-state index contributed by atoms with van der Waals surface area (Å²) in [7, 11) is 0. The van der Waals surface area contributed by atoms with Crippen LogP contribution in [0.2, 0.25) is 0 Å². The third-order valence-corrected chi connectivity index (χ3v) is 4.38. The zero-order valence-electron chi connectivity index (χ0n) is 11.5. The summed E-state index contributed by atoms with van der Waals surface area (Å²) in [6, 6.07) is 10.7. The Labute approximate surface area is 118 Å². The predicted octanol–water partition coefficient (Wildman–Crippen LogP) is 2.84. The molecule has 0 amide bonds. The second-order valence-corrected chi connectivity index (χ2v) is 5.69. The molecule has 3 N–H and O–H groups in total. The Hall–Kier alpha value is -1.23. The number of thiazole rings is 1. The van der Waals surface area contributed by atoms with E-state index in [9.17, 15) is 0 Å². The van der Waals surface area contributed by atoms with Crippen molar-refractivity contribution in [1.82, 2.24) is 10.3 Å². The Morgan fingerprint density at radius 1 is 1.32 bits per heavy atom. The minimum Gasteiger partial charge on any atom is -0.330 e. The van der Waals surface area contributed by atoms with Crippen molar-refractivity contribution in [2.45, 2.75) is 25.8 Å². The van der Waals surface area contributed by atoms with Crippen molar-refractivity contribution in [3.8, 4) is 0 Å². The minimum absolute atomic E-state index is 0.275. The summed E-state index contributed by atoms with van der Waals surface area (Å²) in [5.74, 6) is 0.352. The lowest BCUT2D eigenvalue weighted by molar-refractivity contribution is 0.521. The molecule has 2 rings (SSSR count). The van der Waals surface area contributed by atoms with E-state index in [1.54, 1.807) is 11.3 Å². The molecule has 3 nitrogen and oxygen atoms in total. The number of hydrogen-bond donors (Lipinski definition) is 2. The van der Waals surface area contributed by atoms with E-state index in [0.29, 0.717) is 12.5 Å². The summed E-state index contributed by atoms with van der Waals surface area (Å²) in [6.07, 6.45) is 0. The maximum absolute atomic E-state index is 5.88. The van der Waals surface area contributed by atoms with Crippen LogP contribution in [0, 0.1) is 6.92 Å². The molecule has 2 atom stereocenters. The Balaban J connectivity index is 1.93. The Morgan fingerprint density at radius 3 is 2.63 bits per heavy atom. The standard InChI is InChI=1S/C15H21N3S/c1-11-10-19-15(18-11)12(2)17-9-14(8-16)13-6-4-3-5-7-13/h3-7,10,12,14,17H,8-9,16H2,1-2H3. The van der Waals surface area contributed by atoms with Gasteiger partial charge in [-0.25, -0.2) is 4.98 Å². The molecule has 0 fully saturated rings. The van der Waals surface area contributed by atoms with Gasteiger partial charge < -0.3 is 11.1 Å². The lowest BCUT2D eigenvalue weighted by Crippen LogP contribution is -2.28. The van der Waals surface area contributed by atoms with E-state index in [1.807, 2.05) is 13.0 Å². The SMILES string of the molecule is Cc1csc(C(C)NCC(CN)c2ccccc2)n1. The molecular formula is C15H21N3S. The van der Waals surface area contributed by atoms with Gasteiger partial charge in [0, 0.05) is 30.1 Å². The fraction of sp³-hybridized carbons (Fsp3) is 0.400. The number of aryl methyl sites for hydroxylation is 1. The first-order chi connectivity index (χ1) is 9.20. The van der Waals surface area contributed by atoms with Gasteiger partial charge >= 0.3 is 0 Å². The molecule has 1 aromatic heterocycles. The molecule has 0 aliphatic heterocycles. The Morgan fingerprint density at radius 2 is 2.05 bits per heavy atom. The largest absolute Gasteiger partial charge is 0.330 e. The number of nitrogens with two attached hydrogens (primary N) is 1. The topological polar surface area (TPSA) is 50.9 Å². The highest BCUT2D eigenvalue weighted by Gasteiger charge is 2.13. The van der Waals surface area contributed by atoms with Crippen LogP contribution in [-0.2, 0) is 0 Å². The first-order valence-corrected chi connectivity index (χ1v) is 7.49. The minimum atomic E-state index is 0.275. The summed E-state index contributed by atoms with van der Waals surface area (Å²) < 4.78 is 0. The van der Waals surface area contributed by atoms with Crippen molar-refractivity contribution < 1.29 is 0 Å². The number of hydrogen-bond acceptors (Lipinski definition) is 4. The number of benzene rings is 1. The van der Waals surface area contributed by atoms with Crippen LogP contribution in [0.15, 0.2) is 35.7 Å². The van der Waals surface area contributed by atoms with Crippen molar-refractivity contribution in [2.75, 3.05) is 13.1 Å². The van der Waals surface area contributed by atoms with Gasteiger partial charge in [0.05, 0.1) is 6.04 Å².